The molecule has 0 fully saturated rings. The topological polar surface area (TPSA) is 40.9 Å². The van der Waals surface area contributed by atoms with Crippen molar-refractivity contribution >= 4 is 17.4 Å². The summed E-state index contributed by atoms with van der Waals surface area (Å²) in [5.74, 6) is -4.16. The Bertz CT molecular complexity index is 672. The van der Waals surface area contributed by atoms with Gasteiger partial charge in [-0.15, -0.1) is 0 Å². The SMILES string of the molecule is N#CC(C(=O)c1c(F)cccc1F)c1ccc(Cl)cc1. The first-order valence-electron chi connectivity index (χ1n) is 5.68. The van der Waals surface area contributed by atoms with E-state index in [4.69, 9.17) is 16.9 Å². The van der Waals surface area contributed by atoms with Crippen molar-refractivity contribution in [2.45, 2.75) is 5.92 Å². The number of rotatable bonds is 3. The molecule has 0 amide bonds. The van der Waals surface area contributed by atoms with Crippen LogP contribution in [0.3, 0.4) is 0 Å². The molecule has 0 aliphatic carbocycles. The van der Waals surface area contributed by atoms with E-state index in [1.165, 1.54) is 24.3 Å². The summed E-state index contributed by atoms with van der Waals surface area (Å²) >= 11 is 5.72. The first kappa shape index (κ1) is 14.2. The van der Waals surface area contributed by atoms with E-state index in [1.54, 1.807) is 6.07 Å². The number of hydrogen-bond donors (Lipinski definition) is 0. The molecule has 0 saturated heterocycles. The Balaban J connectivity index is 2.45. The van der Waals surface area contributed by atoms with Gasteiger partial charge in [0.05, 0.1) is 11.6 Å². The standard InChI is InChI=1S/C15H8ClF2NO/c16-10-6-4-9(5-7-10)11(8-19)15(20)14-12(17)2-1-3-13(14)18/h1-7,11H. The Kier molecular flexibility index (Phi) is 4.11. The van der Waals surface area contributed by atoms with Crippen molar-refractivity contribution in [1.82, 2.24) is 0 Å². The van der Waals surface area contributed by atoms with Gasteiger partial charge in [0, 0.05) is 5.02 Å². The van der Waals surface area contributed by atoms with Crippen LogP contribution in [0.2, 0.25) is 5.02 Å². The van der Waals surface area contributed by atoms with E-state index in [2.05, 4.69) is 0 Å². The normalized spacial score (nSPS) is 11.7. The second kappa shape index (κ2) is 5.81. The number of nitrogens with zero attached hydrogens (tertiary/aromatic N) is 1. The smallest absolute Gasteiger partial charge is 0.190 e. The molecular weight excluding hydrogens is 284 g/mol. The predicted molar refractivity (Wildman–Crippen MR) is 70.5 cm³/mol. The van der Waals surface area contributed by atoms with Crippen molar-refractivity contribution in [3.8, 4) is 6.07 Å². The van der Waals surface area contributed by atoms with E-state index in [0.717, 1.165) is 18.2 Å². The molecule has 5 heteroatoms. The van der Waals surface area contributed by atoms with Crippen molar-refractivity contribution in [2.75, 3.05) is 0 Å². The van der Waals surface area contributed by atoms with Gasteiger partial charge in [0.15, 0.2) is 5.78 Å². The number of ketones is 1. The number of Topliss-reactive ketones (excluding diaryl/α,β-unsaturated/α-hetero) is 1. The molecule has 2 aromatic carbocycles. The highest BCUT2D eigenvalue weighted by molar-refractivity contribution is 6.30. The van der Waals surface area contributed by atoms with Crippen LogP contribution in [0.25, 0.3) is 0 Å². The maximum absolute atomic E-state index is 13.6. The maximum Gasteiger partial charge on any atom is 0.190 e. The highest BCUT2D eigenvalue weighted by Crippen LogP contribution is 2.25. The van der Waals surface area contributed by atoms with Gasteiger partial charge < -0.3 is 0 Å². The summed E-state index contributed by atoms with van der Waals surface area (Å²) in [5, 5.41) is 9.55. The van der Waals surface area contributed by atoms with Crippen LogP contribution < -0.4 is 0 Å². The molecule has 0 radical (unpaired) electrons. The van der Waals surface area contributed by atoms with Crippen LogP contribution in [0.4, 0.5) is 8.78 Å². The number of hydrogen-bond acceptors (Lipinski definition) is 2. The lowest BCUT2D eigenvalue weighted by molar-refractivity contribution is 0.0970. The molecular formula is C15H8ClF2NO. The Morgan fingerprint density at radius 2 is 1.65 bits per heavy atom. The molecule has 0 aromatic heterocycles. The first-order valence-corrected chi connectivity index (χ1v) is 6.05. The monoisotopic (exact) mass is 291 g/mol. The maximum atomic E-state index is 13.6. The molecule has 0 aliphatic heterocycles. The minimum Gasteiger partial charge on any atom is -0.292 e. The van der Waals surface area contributed by atoms with Gasteiger partial charge in [-0.1, -0.05) is 29.8 Å². The predicted octanol–water partition coefficient (Wildman–Crippen LogP) is 4.11. The van der Waals surface area contributed by atoms with Gasteiger partial charge in [-0.25, -0.2) is 8.78 Å². The molecule has 2 nitrogen and oxygen atoms in total. The van der Waals surface area contributed by atoms with Gasteiger partial charge in [0.25, 0.3) is 0 Å². The third-order valence-electron chi connectivity index (χ3n) is 2.80. The van der Waals surface area contributed by atoms with Crippen LogP contribution in [0.1, 0.15) is 21.8 Å². The summed E-state index contributed by atoms with van der Waals surface area (Å²) in [6.45, 7) is 0. The Labute approximate surface area is 119 Å². The third kappa shape index (κ3) is 2.68. The van der Waals surface area contributed by atoms with Gasteiger partial charge in [0.2, 0.25) is 0 Å². The lowest BCUT2D eigenvalue weighted by atomic mass is 9.91. The van der Waals surface area contributed by atoms with Crippen LogP contribution >= 0.6 is 11.6 Å². The molecule has 0 bridgehead atoms. The Hall–Kier alpha value is -2.25. The molecule has 2 rings (SSSR count). The second-order valence-electron chi connectivity index (χ2n) is 4.07. The van der Waals surface area contributed by atoms with Crippen LogP contribution in [-0.2, 0) is 0 Å². The first-order chi connectivity index (χ1) is 9.54. The van der Waals surface area contributed by atoms with Crippen molar-refractivity contribution in [3.63, 3.8) is 0 Å². The van der Waals surface area contributed by atoms with E-state index in [0.29, 0.717) is 10.6 Å². The van der Waals surface area contributed by atoms with Gasteiger partial charge in [0.1, 0.15) is 17.6 Å². The molecule has 2 aromatic rings. The average molecular weight is 292 g/mol. The lowest BCUT2D eigenvalue weighted by Crippen LogP contribution is -2.15. The molecule has 0 heterocycles. The zero-order valence-electron chi connectivity index (χ0n) is 10.1. The van der Waals surface area contributed by atoms with E-state index < -0.39 is 28.9 Å². The number of carbonyl (C=O) groups excluding carboxylic acids is 1. The average Bonchev–Trinajstić information content (AvgIpc) is 2.41. The zero-order valence-corrected chi connectivity index (χ0v) is 10.9. The minimum absolute atomic E-state index is 0.338. The molecule has 100 valence electrons. The van der Waals surface area contributed by atoms with Crippen LogP contribution in [-0.4, -0.2) is 5.78 Å². The molecule has 0 N–H and O–H groups in total. The van der Waals surface area contributed by atoms with E-state index >= 15 is 0 Å². The summed E-state index contributed by atoms with van der Waals surface area (Å²) in [4.78, 5) is 12.2. The zero-order chi connectivity index (χ0) is 14.7. The van der Waals surface area contributed by atoms with E-state index in [-0.39, 0.29) is 0 Å². The fourth-order valence-electron chi connectivity index (χ4n) is 1.82. The van der Waals surface area contributed by atoms with Gasteiger partial charge in [-0.05, 0) is 29.8 Å². The third-order valence-corrected chi connectivity index (χ3v) is 3.06. The van der Waals surface area contributed by atoms with Gasteiger partial charge >= 0.3 is 0 Å². The number of benzene rings is 2. The molecule has 0 aliphatic rings. The number of halogens is 3. The molecule has 1 unspecified atom stereocenters. The minimum atomic E-state index is -1.28. The molecule has 1 atom stereocenters. The van der Waals surface area contributed by atoms with Crippen LogP contribution in [0, 0.1) is 23.0 Å². The summed E-state index contributed by atoms with van der Waals surface area (Å²) in [7, 11) is 0. The highest BCUT2D eigenvalue weighted by Gasteiger charge is 2.27. The van der Waals surface area contributed by atoms with E-state index in [1.807, 2.05) is 0 Å². The number of nitriles is 1. The summed E-state index contributed by atoms with van der Waals surface area (Å²) in [5.41, 5.74) is -0.362. The van der Waals surface area contributed by atoms with Crippen molar-refractivity contribution < 1.29 is 13.6 Å². The van der Waals surface area contributed by atoms with Gasteiger partial charge in [-0.2, -0.15) is 5.26 Å². The van der Waals surface area contributed by atoms with Crippen molar-refractivity contribution in [1.29, 1.82) is 5.26 Å². The lowest BCUT2D eigenvalue weighted by Gasteiger charge is -2.10. The second-order valence-corrected chi connectivity index (χ2v) is 4.51. The van der Waals surface area contributed by atoms with Crippen LogP contribution in [0.5, 0.6) is 0 Å². The van der Waals surface area contributed by atoms with Crippen molar-refractivity contribution in [2.24, 2.45) is 0 Å². The fraction of sp³-hybridized carbons (Fsp3) is 0.0667. The summed E-state index contributed by atoms with van der Waals surface area (Å²) < 4.78 is 27.2. The van der Waals surface area contributed by atoms with Crippen LogP contribution in [0.15, 0.2) is 42.5 Å². The van der Waals surface area contributed by atoms with Crippen molar-refractivity contribution in [3.05, 3.63) is 70.2 Å². The fourth-order valence-corrected chi connectivity index (χ4v) is 1.94. The molecule has 0 saturated carbocycles. The molecule has 0 spiro atoms. The number of carbonyl (C=O) groups is 1. The quantitative estimate of drug-likeness (QED) is 0.799. The summed E-state index contributed by atoms with van der Waals surface area (Å²) in [6, 6.07) is 10.9. The summed E-state index contributed by atoms with van der Waals surface area (Å²) in [6.07, 6.45) is 0. The Morgan fingerprint density at radius 3 is 2.15 bits per heavy atom. The highest BCUT2D eigenvalue weighted by atomic mass is 35.5. The van der Waals surface area contributed by atoms with Gasteiger partial charge in [-0.3, -0.25) is 4.79 Å². The van der Waals surface area contributed by atoms with E-state index in [9.17, 15) is 13.6 Å². The molecule has 20 heavy (non-hydrogen) atoms. The largest absolute Gasteiger partial charge is 0.292 e. The Morgan fingerprint density at radius 1 is 1.10 bits per heavy atom.